The highest BCUT2D eigenvalue weighted by molar-refractivity contribution is 5.90. The molecule has 1 spiro atoms. The number of rotatable bonds is 2. The predicted molar refractivity (Wildman–Crippen MR) is 94.1 cm³/mol. The molecule has 2 bridgehead atoms. The van der Waals surface area contributed by atoms with Gasteiger partial charge in [-0.15, -0.1) is 0 Å². The molecule has 138 valence electrons. The summed E-state index contributed by atoms with van der Waals surface area (Å²) >= 11 is 0. The first-order chi connectivity index (χ1) is 12.4. The van der Waals surface area contributed by atoms with Gasteiger partial charge < -0.3 is 19.4 Å². The maximum atomic E-state index is 12.8. The molecule has 5 aliphatic rings. The Labute approximate surface area is 153 Å². The number of Topliss-reactive ketones (excluding diaryl/α,β-unsaturated/α-hetero) is 1. The number of aliphatic hydroxyl groups is 1. The van der Waals surface area contributed by atoms with E-state index in [4.69, 9.17) is 4.74 Å². The standard InChI is InChI=1S/C21H25NO4/c1-22(11-12-2-3-12)9-8-20-17-13-4-5-14(23)18(17)26-19(20)15(24)6-7-21(20,25)16(22)10-13/h4-5,12,16,19,25H,2-3,6-11H2,1H3/p+1/t16-,19+,20+,21-,22?/m0/s1. The second-order valence-corrected chi connectivity index (χ2v) is 9.61. The summed E-state index contributed by atoms with van der Waals surface area (Å²) in [5, 5.41) is 22.5. The topological polar surface area (TPSA) is 66.8 Å². The van der Waals surface area contributed by atoms with Gasteiger partial charge in [-0.25, -0.2) is 0 Å². The van der Waals surface area contributed by atoms with E-state index < -0.39 is 17.1 Å². The Kier molecular flexibility index (Phi) is 2.65. The van der Waals surface area contributed by atoms with E-state index >= 15 is 0 Å². The molecule has 5 atom stereocenters. The number of likely N-dealkylation sites (N-methyl/N-ethyl adjacent to an activating group) is 1. The number of quaternary nitrogens is 1. The van der Waals surface area contributed by atoms with Gasteiger partial charge in [0.2, 0.25) is 0 Å². The SMILES string of the molecule is C[N+]1(CC2CC2)CC[C@@]23c4c5ccc(O)c4O[C@@H]2C(=O)CC[C@]3(O)[C@@H]1C5. The van der Waals surface area contributed by atoms with Crippen LogP contribution in [0, 0.1) is 5.92 Å². The van der Waals surface area contributed by atoms with Crippen LogP contribution in [-0.2, 0) is 16.6 Å². The molecule has 2 saturated carbocycles. The fourth-order valence-corrected chi connectivity index (χ4v) is 6.94. The van der Waals surface area contributed by atoms with Gasteiger partial charge in [-0.05, 0) is 30.9 Å². The summed E-state index contributed by atoms with van der Waals surface area (Å²) in [7, 11) is 2.31. The molecule has 0 amide bonds. The van der Waals surface area contributed by atoms with Crippen molar-refractivity contribution in [2.45, 2.75) is 61.7 Å². The highest BCUT2D eigenvalue weighted by atomic mass is 16.5. The van der Waals surface area contributed by atoms with Crippen LogP contribution < -0.4 is 4.74 Å². The van der Waals surface area contributed by atoms with Crippen LogP contribution >= 0.6 is 0 Å². The monoisotopic (exact) mass is 356 g/mol. The van der Waals surface area contributed by atoms with E-state index in [-0.39, 0.29) is 17.6 Å². The number of nitrogens with zero attached hydrogens (tertiary/aromatic N) is 1. The Morgan fingerprint density at radius 2 is 2.12 bits per heavy atom. The molecule has 2 aliphatic heterocycles. The smallest absolute Gasteiger partial charge is 0.174 e. The molecule has 5 heteroatoms. The number of carbonyl (C=O) groups is 1. The van der Waals surface area contributed by atoms with Crippen LogP contribution in [0.4, 0.5) is 0 Å². The lowest BCUT2D eigenvalue weighted by molar-refractivity contribution is -0.950. The number of hydrogen-bond donors (Lipinski definition) is 2. The maximum Gasteiger partial charge on any atom is 0.174 e. The Hall–Kier alpha value is -1.59. The fourth-order valence-electron chi connectivity index (χ4n) is 6.94. The van der Waals surface area contributed by atoms with Crippen molar-refractivity contribution >= 4 is 5.78 Å². The minimum atomic E-state index is -0.931. The van der Waals surface area contributed by atoms with Crippen LogP contribution in [0.15, 0.2) is 12.1 Å². The second kappa shape index (κ2) is 4.45. The largest absolute Gasteiger partial charge is 0.504 e. The van der Waals surface area contributed by atoms with Crippen molar-refractivity contribution in [2.24, 2.45) is 5.92 Å². The summed E-state index contributed by atoms with van der Waals surface area (Å²) in [5.74, 6) is 1.42. The molecule has 26 heavy (non-hydrogen) atoms. The zero-order valence-electron chi connectivity index (χ0n) is 15.2. The van der Waals surface area contributed by atoms with Gasteiger partial charge in [0.05, 0.1) is 25.6 Å². The lowest BCUT2D eigenvalue weighted by Gasteiger charge is -2.64. The Balaban J connectivity index is 1.60. The van der Waals surface area contributed by atoms with Gasteiger partial charge in [0.25, 0.3) is 0 Å². The van der Waals surface area contributed by atoms with Crippen molar-refractivity contribution in [3.63, 3.8) is 0 Å². The van der Waals surface area contributed by atoms with Gasteiger partial charge in [0.1, 0.15) is 11.6 Å². The van der Waals surface area contributed by atoms with Crippen LogP contribution in [0.5, 0.6) is 11.5 Å². The van der Waals surface area contributed by atoms with Gasteiger partial charge in [-0.1, -0.05) is 6.07 Å². The second-order valence-electron chi connectivity index (χ2n) is 9.61. The van der Waals surface area contributed by atoms with E-state index in [1.54, 1.807) is 6.07 Å². The van der Waals surface area contributed by atoms with Gasteiger partial charge in [0.15, 0.2) is 23.4 Å². The van der Waals surface area contributed by atoms with Crippen molar-refractivity contribution in [1.29, 1.82) is 0 Å². The number of phenolic OH excluding ortho intramolecular Hbond substituents is 1. The van der Waals surface area contributed by atoms with E-state index in [2.05, 4.69) is 7.05 Å². The van der Waals surface area contributed by atoms with Crippen molar-refractivity contribution in [3.8, 4) is 11.5 Å². The quantitative estimate of drug-likeness (QED) is 0.791. The number of likely N-dealkylation sites (tertiary alicyclic amines) is 1. The minimum Gasteiger partial charge on any atom is -0.504 e. The molecule has 1 unspecified atom stereocenters. The molecule has 5 nitrogen and oxygen atoms in total. The summed E-state index contributed by atoms with van der Waals surface area (Å²) in [6.07, 6.45) is 4.42. The number of aromatic hydroxyl groups is 1. The molecule has 1 aromatic rings. The molecular weight excluding hydrogens is 330 g/mol. The average molecular weight is 356 g/mol. The normalized spacial score (nSPS) is 45.2. The molecule has 6 rings (SSSR count). The average Bonchev–Trinajstić information content (AvgIpc) is 3.32. The molecular formula is C21H26NO4+. The first-order valence-electron chi connectivity index (χ1n) is 10.0. The van der Waals surface area contributed by atoms with E-state index in [0.717, 1.165) is 47.5 Å². The summed E-state index contributed by atoms with van der Waals surface area (Å²) in [5.41, 5.74) is 0.492. The Morgan fingerprint density at radius 1 is 1.31 bits per heavy atom. The number of benzene rings is 1. The molecule has 2 N–H and O–H groups in total. The zero-order chi connectivity index (χ0) is 17.9. The molecule has 1 aromatic carbocycles. The summed E-state index contributed by atoms with van der Waals surface area (Å²) < 4.78 is 6.98. The highest BCUT2D eigenvalue weighted by Gasteiger charge is 2.76. The number of ether oxygens (including phenoxy) is 1. The lowest BCUT2D eigenvalue weighted by atomic mass is 9.48. The van der Waals surface area contributed by atoms with E-state index in [1.807, 2.05) is 6.07 Å². The Morgan fingerprint density at radius 3 is 2.88 bits per heavy atom. The van der Waals surface area contributed by atoms with E-state index in [1.165, 1.54) is 12.8 Å². The molecule has 3 fully saturated rings. The van der Waals surface area contributed by atoms with E-state index in [9.17, 15) is 15.0 Å². The van der Waals surface area contributed by atoms with Gasteiger partial charge in [-0.2, -0.15) is 0 Å². The van der Waals surface area contributed by atoms with Crippen molar-refractivity contribution in [2.75, 3.05) is 20.1 Å². The number of phenols is 1. The predicted octanol–water partition coefficient (Wildman–Crippen LogP) is 1.67. The fraction of sp³-hybridized carbons (Fsp3) is 0.667. The van der Waals surface area contributed by atoms with Gasteiger partial charge >= 0.3 is 0 Å². The van der Waals surface area contributed by atoms with Gasteiger partial charge in [-0.3, -0.25) is 4.79 Å². The van der Waals surface area contributed by atoms with Crippen LogP contribution in [0.1, 0.15) is 43.2 Å². The summed E-state index contributed by atoms with van der Waals surface area (Å²) in [6.45, 7) is 2.09. The van der Waals surface area contributed by atoms with E-state index in [0.29, 0.717) is 18.6 Å². The molecule has 1 saturated heterocycles. The first kappa shape index (κ1) is 15.5. The van der Waals surface area contributed by atoms with Crippen molar-refractivity contribution < 1.29 is 24.2 Å². The van der Waals surface area contributed by atoms with Crippen LogP contribution in [0.25, 0.3) is 0 Å². The highest BCUT2D eigenvalue weighted by Crippen LogP contribution is 2.65. The lowest BCUT2D eigenvalue weighted by Crippen LogP contribution is -2.80. The number of piperidine rings is 1. The van der Waals surface area contributed by atoms with Crippen LogP contribution in [0.3, 0.4) is 0 Å². The third-order valence-corrected chi connectivity index (χ3v) is 8.28. The molecule has 0 aromatic heterocycles. The summed E-state index contributed by atoms with van der Waals surface area (Å²) in [6, 6.07) is 3.77. The third kappa shape index (κ3) is 1.55. The molecule has 2 heterocycles. The minimum absolute atomic E-state index is 0.0789. The first-order valence-corrected chi connectivity index (χ1v) is 10.0. The maximum absolute atomic E-state index is 12.8. The van der Waals surface area contributed by atoms with Crippen molar-refractivity contribution in [1.82, 2.24) is 0 Å². The van der Waals surface area contributed by atoms with Crippen LogP contribution in [0.2, 0.25) is 0 Å². The zero-order valence-corrected chi connectivity index (χ0v) is 15.2. The number of ketones is 1. The summed E-state index contributed by atoms with van der Waals surface area (Å²) in [4.78, 5) is 12.8. The number of hydrogen-bond acceptors (Lipinski definition) is 4. The molecule has 0 radical (unpaired) electrons. The Bertz CT molecular complexity index is 849. The van der Waals surface area contributed by atoms with Crippen molar-refractivity contribution in [3.05, 3.63) is 23.3 Å². The number of carbonyl (C=O) groups excluding carboxylic acids is 1. The van der Waals surface area contributed by atoms with Gasteiger partial charge in [0, 0.05) is 30.7 Å². The van der Waals surface area contributed by atoms with Crippen LogP contribution in [-0.4, -0.2) is 58.4 Å². The third-order valence-electron chi connectivity index (χ3n) is 8.28. The molecule has 3 aliphatic carbocycles.